The zero-order valence-corrected chi connectivity index (χ0v) is 17.8. The van der Waals surface area contributed by atoms with Crippen molar-refractivity contribution in [3.63, 3.8) is 0 Å². The maximum absolute atomic E-state index is 12.8. The molecule has 2 aromatic rings. The maximum atomic E-state index is 12.8. The molecule has 0 radical (unpaired) electrons. The molecule has 0 aliphatic heterocycles. The number of carbonyl (C=O) groups excluding carboxylic acids is 2. The monoisotopic (exact) mass is 431 g/mol. The van der Waals surface area contributed by atoms with Crippen molar-refractivity contribution in [2.75, 3.05) is 31.0 Å². The van der Waals surface area contributed by atoms with Crippen LogP contribution in [0.2, 0.25) is 0 Å². The van der Waals surface area contributed by atoms with E-state index in [2.05, 4.69) is 10.6 Å². The Morgan fingerprint density at radius 3 is 2.35 bits per heavy atom. The van der Waals surface area contributed by atoms with Gasteiger partial charge in [-0.1, -0.05) is 19.9 Å². The van der Waals surface area contributed by atoms with Crippen LogP contribution in [0.5, 0.6) is 11.5 Å². The van der Waals surface area contributed by atoms with Gasteiger partial charge in [-0.15, -0.1) is 0 Å². The van der Waals surface area contributed by atoms with Crippen molar-refractivity contribution in [2.45, 2.75) is 20.8 Å². The summed E-state index contributed by atoms with van der Waals surface area (Å²) in [5, 5.41) is 16.6. The molecule has 0 aromatic heterocycles. The minimum atomic E-state index is -0.713. The number of ether oxygens (including phenoxy) is 3. The van der Waals surface area contributed by atoms with Gasteiger partial charge in [-0.3, -0.25) is 20.2 Å². The summed E-state index contributed by atoms with van der Waals surface area (Å²) in [5.74, 6) is -0.159. The van der Waals surface area contributed by atoms with E-state index in [1.807, 2.05) is 13.8 Å². The van der Waals surface area contributed by atoms with Crippen LogP contribution in [0.4, 0.5) is 21.9 Å². The highest BCUT2D eigenvalue weighted by atomic mass is 16.6. The Bertz CT molecular complexity index is 960. The number of rotatable bonds is 9. The van der Waals surface area contributed by atoms with Crippen LogP contribution in [-0.2, 0) is 4.74 Å². The Balaban J connectivity index is 2.24. The van der Waals surface area contributed by atoms with Gasteiger partial charge in [0.2, 0.25) is 0 Å². The van der Waals surface area contributed by atoms with E-state index < -0.39 is 22.6 Å². The number of carbonyl (C=O) groups is 2. The summed E-state index contributed by atoms with van der Waals surface area (Å²) in [7, 11) is 1.35. The number of benzene rings is 2. The Kier molecular flexibility index (Phi) is 8.18. The molecule has 0 atom stereocenters. The quantitative estimate of drug-likeness (QED) is 0.443. The third kappa shape index (κ3) is 6.59. The van der Waals surface area contributed by atoms with Gasteiger partial charge in [0.25, 0.3) is 11.6 Å². The van der Waals surface area contributed by atoms with Crippen LogP contribution in [0.1, 0.15) is 31.1 Å². The molecule has 166 valence electrons. The van der Waals surface area contributed by atoms with E-state index in [4.69, 9.17) is 14.2 Å². The summed E-state index contributed by atoms with van der Waals surface area (Å²) < 4.78 is 15.6. The number of nitro benzene ring substituents is 1. The number of nitro groups is 1. The number of hydrogen-bond donors (Lipinski definition) is 2. The number of nitrogens with zero attached hydrogens (tertiary/aromatic N) is 1. The average Bonchev–Trinajstić information content (AvgIpc) is 2.72. The summed E-state index contributed by atoms with van der Waals surface area (Å²) in [6.45, 7) is 6.13. The lowest BCUT2D eigenvalue weighted by molar-refractivity contribution is -0.385. The zero-order valence-electron chi connectivity index (χ0n) is 17.8. The minimum Gasteiger partial charge on any atom is -0.493 e. The molecule has 31 heavy (non-hydrogen) atoms. The smallest absolute Gasteiger partial charge is 0.411 e. The molecule has 0 saturated carbocycles. The molecule has 0 aliphatic rings. The first kappa shape index (κ1) is 23.5. The number of hydrogen-bond acceptors (Lipinski definition) is 7. The highest BCUT2D eigenvalue weighted by Gasteiger charge is 2.25. The Morgan fingerprint density at radius 2 is 1.77 bits per heavy atom. The molecule has 2 amide bonds. The zero-order chi connectivity index (χ0) is 23.0. The average molecular weight is 431 g/mol. The van der Waals surface area contributed by atoms with Gasteiger partial charge in [-0.2, -0.15) is 0 Å². The van der Waals surface area contributed by atoms with Crippen molar-refractivity contribution >= 4 is 29.1 Å². The van der Waals surface area contributed by atoms with Crippen LogP contribution >= 0.6 is 0 Å². The molecule has 0 aliphatic carbocycles. The lowest BCUT2D eigenvalue weighted by atomic mass is 10.1. The molecular formula is C21H25N3O7. The topological polar surface area (TPSA) is 129 Å². The Labute approximate surface area is 179 Å². The predicted molar refractivity (Wildman–Crippen MR) is 115 cm³/mol. The fraction of sp³-hybridized carbons (Fsp3) is 0.333. The van der Waals surface area contributed by atoms with E-state index in [1.165, 1.54) is 19.2 Å². The van der Waals surface area contributed by atoms with E-state index >= 15 is 0 Å². The second-order valence-corrected chi connectivity index (χ2v) is 6.86. The normalized spacial score (nSPS) is 10.4. The van der Waals surface area contributed by atoms with Crippen LogP contribution < -0.4 is 20.1 Å². The molecule has 2 rings (SSSR count). The lowest BCUT2D eigenvalue weighted by Gasteiger charge is -2.13. The van der Waals surface area contributed by atoms with E-state index in [9.17, 15) is 19.7 Å². The largest absolute Gasteiger partial charge is 0.493 e. The Hall–Kier alpha value is -3.82. The lowest BCUT2D eigenvalue weighted by Crippen LogP contribution is -2.17. The van der Waals surface area contributed by atoms with Crippen molar-refractivity contribution < 1.29 is 28.7 Å². The van der Waals surface area contributed by atoms with Crippen molar-refractivity contribution in [3.05, 3.63) is 52.1 Å². The number of methoxy groups -OCH3 is 1. The van der Waals surface area contributed by atoms with E-state index in [0.717, 1.165) is 6.07 Å². The molecule has 10 nitrogen and oxygen atoms in total. The summed E-state index contributed by atoms with van der Waals surface area (Å²) in [5.41, 5.74) is 0.105. The van der Waals surface area contributed by atoms with Gasteiger partial charge in [0.1, 0.15) is 5.56 Å². The highest BCUT2D eigenvalue weighted by Crippen LogP contribution is 2.35. The van der Waals surface area contributed by atoms with Crippen LogP contribution in [0, 0.1) is 16.0 Å². The van der Waals surface area contributed by atoms with E-state index in [-0.39, 0.29) is 36.2 Å². The first-order chi connectivity index (χ1) is 14.7. The third-order valence-corrected chi connectivity index (χ3v) is 3.94. The van der Waals surface area contributed by atoms with Gasteiger partial charge in [0, 0.05) is 17.4 Å². The summed E-state index contributed by atoms with van der Waals surface area (Å²) in [6.07, 6.45) is -0.621. The van der Waals surface area contributed by atoms with Crippen LogP contribution in [0.15, 0.2) is 36.4 Å². The maximum Gasteiger partial charge on any atom is 0.411 e. The molecule has 10 heteroatoms. The predicted octanol–water partition coefficient (Wildman–Crippen LogP) is 4.46. The van der Waals surface area contributed by atoms with Crippen molar-refractivity contribution in [3.8, 4) is 11.5 Å². The van der Waals surface area contributed by atoms with Gasteiger partial charge >= 0.3 is 6.09 Å². The highest BCUT2D eigenvalue weighted by molar-refractivity contribution is 6.08. The van der Waals surface area contributed by atoms with Gasteiger partial charge in [0.05, 0.1) is 31.3 Å². The molecule has 0 saturated heterocycles. The molecular weight excluding hydrogens is 406 g/mol. The summed E-state index contributed by atoms with van der Waals surface area (Å²) in [6, 6.07) is 8.73. The summed E-state index contributed by atoms with van der Waals surface area (Å²) in [4.78, 5) is 35.4. The van der Waals surface area contributed by atoms with Gasteiger partial charge in [-0.05, 0) is 31.0 Å². The molecule has 0 heterocycles. The summed E-state index contributed by atoms with van der Waals surface area (Å²) >= 11 is 0. The Morgan fingerprint density at radius 1 is 1.10 bits per heavy atom. The molecule has 2 aromatic carbocycles. The molecule has 0 bridgehead atoms. The third-order valence-electron chi connectivity index (χ3n) is 3.94. The van der Waals surface area contributed by atoms with Crippen LogP contribution in [0.3, 0.4) is 0 Å². The van der Waals surface area contributed by atoms with Crippen molar-refractivity contribution in [1.82, 2.24) is 0 Å². The fourth-order valence-electron chi connectivity index (χ4n) is 2.58. The minimum absolute atomic E-state index is 0.149. The molecule has 0 unspecified atom stereocenters. The number of anilines is 2. The number of amides is 2. The first-order valence-electron chi connectivity index (χ1n) is 9.59. The van der Waals surface area contributed by atoms with Crippen LogP contribution in [0.25, 0.3) is 0 Å². The van der Waals surface area contributed by atoms with E-state index in [1.54, 1.807) is 25.1 Å². The fourth-order valence-corrected chi connectivity index (χ4v) is 2.58. The van der Waals surface area contributed by atoms with Crippen molar-refractivity contribution in [1.29, 1.82) is 0 Å². The van der Waals surface area contributed by atoms with Gasteiger partial charge in [0.15, 0.2) is 11.5 Å². The number of nitrogens with one attached hydrogen (secondary N) is 2. The van der Waals surface area contributed by atoms with E-state index in [0.29, 0.717) is 11.4 Å². The van der Waals surface area contributed by atoms with Gasteiger partial charge < -0.3 is 19.5 Å². The first-order valence-corrected chi connectivity index (χ1v) is 9.59. The second kappa shape index (κ2) is 10.8. The molecule has 0 spiro atoms. The van der Waals surface area contributed by atoms with Crippen molar-refractivity contribution in [2.24, 2.45) is 5.92 Å². The second-order valence-electron chi connectivity index (χ2n) is 6.86. The SMILES string of the molecule is CCOc1cc(C(=O)Nc2cccc(NC(=O)OCC(C)C)c2)c([N+](=O)[O-])cc1OC. The molecule has 2 N–H and O–H groups in total. The van der Waals surface area contributed by atoms with Crippen LogP contribution in [-0.4, -0.2) is 37.2 Å². The standard InChI is InChI=1S/C21H25N3O7/c1-5-30-19-10-16(17(24(27)28)11-18(19)29-4)20(25)22-14-7-6-8-15(9-14)23-21(26)31-12-13(2)3/h6-11,13H,5,12H2,1-4H3,(H,22,25)(H,23,26). The van der Waals surface area contributed by atoms with Gasteiger partial charge in [-0.25, -0.2) is 4.79 Å². The molecule has 0 fully saturated rings.